The first-order chi connectivity index (χ1) is 10.5. The maximum atomic E-state index is 12.2. The summed E-state index contributed by atoms with van der Waals surface area (Å²) in [5.74, 6) is 0.828. The molecule has 0 spiro atoms. The molecule has 1 saturated heterocycles. The second-order valence-corrected chi connectivity index (χ2v) is 7.84. The quantitative estimate of drug-likeness (QED) is 0.751. The van der Waals surface area contributed by atoms with Crippen LogP contribution in [0.3, 0.4) is 0 Å². The van der Waals surface area contributed by atoms with Crippen LogP contribution in [0.5, 0.6) is 0 Å². The summed E-state index contributed by atoms with van der Waals surface area (Å²) in [5.41, 5.74) is 0.356. The predicted molar refractivity (Wildman–Crippen MR) is 84.9 cm³/mol. The van der Waals surface area contributed by atoms with Gasteiger partial charge in [-0.05, 0) is 37.0 Å². The summed E-state index contributed by atoms with van der Waals surface area (Å²) in [6.07, 6.45) is 3.37. The molecule has 1 aliphatic rings. The van der Waals surface area contributed by atoms with Crippen LogP contribution in [0.1, 0.15) is 31.7 Å². The predicted octanol–water partition coefficient (Wildman–Crippen LogP) is 0.541. The summed E-state index contributed by atoms with van der Waals surface area (Å²) in [6, 6.07) is 8.06. The molecule has 2 rings (SSSR count). The van der Waals surface area contributed by atoms with Crippen LogP contribution in [0.15, 0.2) is 29.2 Å². The van der Waals surface area contributed by atoms with Gasteiger partial charge in [0.1, 0.15) is 0 Å². The van der Waals surface area contributed by atoms with Gasteiger partial charge in [-0.3, -0.25) is 0 Å². The molecule has 1 heterocycles. The number of sulfonamides is 1. The van der Waals surface area contributed by atoms with Crippen LogP contribution in [-0.2, 0) is 10.0 Å². The van der Waals surface area contributed by atoms with E-state index in [2.05, 4.69) is 11.6 Å². The van der Waals surface area contributed by atoms with E-state index in [0.717, 1.165) is 18.9 Å². The Balaban J connectivity index is 1.79. The van der Waals surface area contributed by atoms with E-state index in [9.17, 15) is 8.42 Å². The third kappa shape index (κ3) is 4.80. The Morgan fingerprint density at radius 3 is 2.77 bits per heavy atom. The monoisotopic (exact) mass is 322 g/mol. The fourth-order valence-electron chi connectivity index (χ4n) is 2.78. The number of nitrogens with one attached hydrogen (secondary N) is 2. The van der Waals surface area contributed by atoms with E-state index >= 15 is 0 Å². The standard InChI is InChI=1S/C16H23N3O2S/c1-14-6-10-19(11-7-14)9-3-8-18-22(20,21)16-5-2-4-15(12-16)13-17/h2,4-5,12,14,18H,3,6-11H2,1H3/p+1. The van der Waals surface area contributed by atoms with Crippen LogP contribution in [0.4, 0.5) is 0 Å². The van der Waals surface area contributed by atoms with Gasteiger partial charge in [-0.1, -0.05) is 13.0 Å². The molecular weight excluding hydrogens is 298 g/mol. The molecule has 1 aromatic rings. The molecule has 0 aromatic heterocycles. The Bertz CT molecular complexity index is 629. The van der Waals surface area contributed by atoms with E-state index in [0.29, 0.717) is 12.1 Å². The lowest BCUT2D eigenvalue weighted by atomic mass is 9.99. The molecule has 0 bridgehead atoms. The Morgan fingerprint density at radius 2 is 2.09 bits per heavy atom. The van der Waals surface area contributed by atoms with Crippen LogP contribution in [0, 0.1) is 17.2 Å². The van der Waals surface area contributed by atoms with E-state index in [1.807, 2.05) is 6.07 Å². The van der Waals surface area contributed by atoms with Gasteiger partial charge in [0.05, 0.1) is 36.2 Å². The second-order valence-electron chi connectivity index (χ2n) is 6.07. The van der Waals surface area contributed by atoms with Crippen molar-refractivity contribution in [2.45, 2.75) is 31.1 Å². The van der Waals surface area contributed by atoms with Gasteiger partial charge in [-0.25, -0.2) is 13.1 Å². The maximum Gasteiger partial charge on any atom is 0.240 e. The number of rotatable bonds is 6. The molecule has 22 heavy (non-hydrogen) atoms. The van der Waals surface area contributed by atoms with Gasteiger partial charge in [0.2, 0.25) is 10.0 Å². The Labute approximate surface area is 133 Å². The molecule has 120 valence electrons. The fourth-order valence-corrected chi connectivity index (χ4v) is 3.90. The maximum absolute atomic E-state index is 12.2. The molecule has 0 aliphatic carbocycles. The Kier molecular flexibility index (Phi) is 5.95. The highest BCUT2D eigenvalue weighted by Gasteiger charge is 2.19. The zero-order chi connectivity index (χ0) is 16.0. The van der Waals surface area contributed by atoms with Gasteiger partial charge in [-0.2, -0.15) is 5.26 Å². The van der Waals surface area contributed by atoms with Crippen molar-refractivity contribution in [1.29, 1.82) is 5.26 Å². The van der Waals surface area contributed by atoms with Gasteiger partial charge in [0.25, 0.3) is 0 Å². The minimum Gasteiger partial charge on any atom is -0.335 e. The fraction of sp³-hybridized carbons (Fsp3) is 0.562. The Hall–Kier alpha value is -1.42. The average molecular weight is 322 g/mol. The van der Waals surface area contributed by atoms with Crippen LogP contribution in [-0.4, -0.2) is 34.6 Å². The van der Waals surface area contributed by atoms with Gasteiger partial charge in [-0.15, -0.1) is 0 Å². The first kappa shape index (κ1) is 16.9. The van der Waals surface area contributed by atoms with Crippen LogP contribution in [0.25, 0.3) is 0 Å². The van der Waals surface area contributed by atoms with Gasteiger partial charge in [0, 0.05) is 13.0 Å². The van der Waals surface area contributed by atoms with Crippen molar-refractivity contribution >= 4 is 10.0 Å². The third-order valence-corrected chi connectivity index (χ3v) is 5.71. The van der Waals surface area contributed by atoms with Gasteiger partial charge >= 0.3 is 0 Å². The summed E-state index contributed by atoms with van der Waals surface area (Å²) in [6.45, 7) is 6.13. The normalized spacial score (nSPS) is 22.2. The Morgan fingerprint density at radius 1 is 1.36 bits per heavy atom. The number of hydrogen-bond acceptors (Lipinski definition) is 3. The van der Waals surface area contributed by atoms with Crippen LogP contribution >= 0.6 is 0 Å². The van der Waals surface area contributed by atoms with Crippen molar-refractivity contribution in [3.8, 4) is 6.07 Å². The van der Waals surface area contributed by atoms with Gasteiger partial charge in [0.15, 0.2) is 0 Å². The molecule has 6 heteroatoms. The number of quaternary nitrogens is 1. The van der Waals surface area contributed by atoms with E-state index < -0.39 is 10.0 Å². The van der Waals surface area contributed by atoms with Crippen molar-refractivity contribution in [2.24, 2.45) is 5.92 Å². The topological polar surface area (TPSA) is 74.4 Å². The number of nitriles is 1. The number of piperidine rings is 1. The first-order valence-corrected chi connectivity index (χ1v) is 9.33. The summed E-state index contributed by atoms with van der Waals surface area (Å²) in [5, 5.41) is 8.84. The lowest BCUT2D eigenvalue weighted by molar-refractivity contribution is -0.906. The minimum absolute atomic E-state index is 0.158. The van der Waals surface area contributed by atoms with Crippen molar-refractivity contribution < 1.29 is 13.3 Å². The second kappa shape index (κ2) is 7.73. The first-order valence-electron chi connectivity index (χ1n) is 7.84. The smallest absolute Gasteiger partial charge is 0.240 e. The summed E-state index contributed by atoms with van der Waals surface area (Å²) in [4.78, 5) is 1.73. The highest BCUT2D eigenvalue weighted by atomic mass is 32.2. The zero-order valence-electron chi connectivity index (χ0n) is 13.0. The van der Waals surface area contributed by atoms with E-state index in [4.69, 9.17) is 5.26 Å². The summed E-state index contributed by atoms with van der Waals surface area (Å²) < 4.78 is 27.0. The van der Waals surface area contributed by atoms with Crippen LogP contribution < -0.4 is 9.62 Å². The molecule has 1 aromatic carbocycles. The van der Waals surface area contributed by atoms with Gasteiger partial charge < -0.3 is 4.90 Å². The molecule has 1 aliphatic heterocycles. The molecule has 0 amide bonds. The lowest BCUT2D eigenvalue weighted by Crippen LogP contribution is -3.13. The molecule has 2 N–H and O–H groups in total. The molecule has 0 unspecified atom stereocenters. The lowest BCUT2D eigenvalue weighted by Gasteiger charge is -2.27. The molecule has 1 fully saturated rings. The molecule has 0 saturated carbocycles. The summed E-state index contributed by atoms with van der Waals surface area (Å²) >= 11 is 0. The highest BCUT2D eigenvalue weighted by molar-refractivity contribution is 7.89. The van der Waals surface area contributed by atoms with E-state index in [1.165, 1.54) is 38.1 Å². The number of likely N-dealkylation sites (tertiary alicyclic amines) is 1. The average Bonchev–Trinajstić information content (AvgIpc) is 2.53. The highest BCUT2D eigenvalue weighted by Crippen LogP contribution is 2.10. The minimum atomic E-state index is -3.51. The van der Waals surface area contributed by atoms with Crippen molar-refractivity contribution in [3.05, 3.63) is 29.8 Å². The van der Waals surface area contributed by atoms with Crippen LogP contribution in [0.2, 0.25) is 0 Å². The van der Waals surface area contributed by atoms with E-state index in [1.54, 1.807) is 17.0 Å². The molecular formula is C16H24N3O2S+. The number of hydrogen-bond donors (Lipinski definition) is 2. The molecule has 5 nitrogen and oxygen atoms in total. The number of benzene rings is 1. The third-order valence-electron chi connectivity index (χ3n) is 4.25. The SMILES string of the molecule is CC1CC[NH+](CCCNS(=O)(=O)c2cccc(C#N)c2)CC1. The van der Waals surface area contributed by atoms with Crippen molar-refractivity contribution in [2.75, 3.05) is 26.2 Å². The molecule has 0 radical (unpaired) electrons. The summed E-state index contributed by atoms with van der Waals surface area (Å²) in [7, 11) is -3.51. The van der Waals surface area contributed by atoms with Crippen molar-refractivity contribution in [3.63, 3.8) is 0 Å². The molecule has 0 atom stereocenters. The van der Waals surface area contributed by atoms with E-state index in [-0.39, 0.29) is 4.90 Å². The zero-order valence-corrected chi connectivity index (χ0v) is 13.8. The number of nitrogens with zero attached hydrogens (tertiary/aromatic N) is 1. The van der Waals surface area contributed by atoms with Crippen molar-refractivity contribution in [1.82, 2.24) is 4.72 Å². The largest absolute Gasteiger partial charge is 0.335 e.